The van der Waals surface area contributed by atoms with Crippen molar-refractivity contribution in [2.45, 2.75) is 90.1 Å². The van der Waals surface area contributed by atoms with Crippen molar-refractivity contribution >= 4 is 5.97 Å². The number of benzene rings is 2. The number of likely N-dealkylation sites (tertiary alicyclic amines) is 1. The van der Waals surface area contributed by atoms with Gasteiger partial charge in [0.15, 0.2) is 0 Å². The quantitative estimate of drug-likeness (QED) is 0.294. The van der Waals surface area contributed by atoms with E-state index in [9.17, 15) is 23.1 Å². The maximum atomic E-state index is 13.3. The van der Waals surface area contributed by atoms with Crippen LogP contribution in [0, 0.1) is 12.8 Å². The number of carbonyl (C=O) groups is 1. The first-order valence-electron chi connectivity index (χ1n) is 15.2. The van der Waals surface area contributed by atoms with E-state index >= 15 is 0 Å². The molecule has 6 nitrogen and oxygen atoms in total. The summed E-state index contributed by atoms with van der Waals surface area (Å²) in [6.45, 7) is 6.72. The van der Waals surface area contributed by atoms with Gasteiger partial charge >= 0.3 is 12.3 Å². The van der Waals surface area contributed by atoms with Crippen molar-refractivity contribution in [2.75, 3.05) is 13.1 Å². The largest absolute Gasteiger partial charge is 0.573 e. The molecule has 0 radical (unpaired) electrons. The Bertz CT molecular complexity index is 1420. The van der Waals surface area contributed by atoms with E-state index in [0.717, 1.165) is 48.3 Å². The highest BCUT2D eigenvalue weighted by molar-refractivity contribution is 5.70. The number of ether oxygens (including phenoxy) is 2. The van der Waals surface area contributed by atoms with Crippen LogP contribution in [-0.2, 0) is 17.6 Å². The minimum atomic E-state index is -4.80. The smallest absolute Gasteiger partial charge is 0.487 e. The normalized spacial score (nSPS) is 18.9. The van der Waals surface area contributed by atoms with E-state index in [1.165, 1.54) is 25.3 Å². The van der Waals surface area contributed by atoms with Gasteiger partial charge in [-0.3, -0.25) is 9.69 Å². The molecular formula is C34H40F3NO5. The fourth-order valence-electron chi connectivity index (χ4n) is 5.82. The molecule has 43 heavy (non-hydrogen) atoms. The molecule has 2 atom stereocenters. The van der Waals surface area contributed by atoms with Gasteiger partial charge in [0.25, 0.3) is 0 Å². The standard InChI is InChI=1S/C31H34F3NO5.C3H6/c1-19(29(36)37)16-22-5-6-23-10-11-30(39-28(23)17-22)12-14-35(15-13-30)21(3)25-18-24(26-8-4-20(2)38-26)7-9-27(25)40-31(32,33)34;1-2-3-1/h4-9,17-19,21H,10-16H2,1-3H3,(H,36,37);1-3H2. The van der Waals surface area contributed by atoms with E-state index < -0.39 is 18.2 Å². The first-order chi connectivity index (χ1) is 20.4. The van der Waals surface area contributed by atoms with Crippen LogP contribution in [-0.4, -0.2) is 41.0 Å². The zero-order valence-electron chi connectivity index (χ0n) is 25.0. The lowest BCUT2D eigenvalue weighted by Gasteiger charge is -2.46. The van der Waals surface area contributed by atoms with Crippen LogP contribution < -0.4 is 9.47 Å². The number of hydrogen-bond acceptors (Lipinski definition) is 5. The maximum Gasteiger partial charge on any atom is 0.573 e. The Balaban J connectivity index is 0.00000115. The average Bonchev–Trinajstić information content (AvgIpc) is 3.79. The lowest BCUT2D eigenvalue weighted by atomic mass is 9.82. The first-order valence-corrected chi connectivity index (χ1v) is 15.2. The zero-order chi connectivity index (χ0) is 30.8. The van der Waals surface area contributed by atoms with Crippen LogP contribution >= 0.6 is 0 Å². The molecule has 2 aromatic carbocycles. The molecule has 2 unspecified atom stereocenters. The Labute approximate surface area is 250 Å². The second kappa shape index (κ2) is 12.6. The number of fused-ring (bicyclic) bond motifs is 1. The predicted octanol–water partition coefficient (Wildman–Crippen LogP) is 8.51. The topological polar surface area (TPSA) is 72.1 Å². The molecule has 1 spiro atoms. The van der Waals surface area contributed by atoms with Gasteiger partial charge in [-0.2, -0.15) is 0 Å². The summed E-state index contributed by atoms with van der Waals surface area (Å²) in [6.07, 6.45) is 3.34. The van der Waals surface area contributed by atoms with Crippen LogP contribution in [0.25, 0.3) is 11.3 Å². The molecule has 3 aliphatic rings. The monoisotopic (exact) mass is 599 g/mol. The third-order valence-electron chi connectivity index (χ3n) is 8.59. The number of nitrogens with zero attached hydrogens (tertiary/aromatic N) is 1. The van der Waals surface area contributed by atoms with E-state index in [2.05, 4.69) is 9.64 Å². The molecule has 6 rings (SSSR count). The lowest BCUT2D eigenvalue weighted by Crippen LogP contribution is -2.50. The number of furan rings is 1. The van der Waals surface area contributed by atoms with Crippen molar-refractivity contribution in [1.29, 1.82) is 0 Å². The van der Waals surface area contributed by atoms with Crippen molar-refractivity contribution in [3.05, 3.63) is 71.0 Å². The van der Waals surface area contributed by atoms with Gasteiger partial charge in [-0.25, -0.2) is 0 Å². The summed E-state index contributed by atoms with van der Waals surface area (Å²) in [4.78, 5) is 13.5. The molecular weight excluding hydrogens is 559 g/mol. The van der Waals surface area contributed by atoms with Crippen molar-refractivity contribution in [2.24, 2.45) is 5.92 Å². The van der Waals surface area contributed by atoms with Crippen LogP contribution in [0.5, 0.6) is 11.5 Å². The molecule has 3 heterocycles. The van der Waals surface area contributed by atoms with Gasteiger partial charge in [0.1, 0.15) is 28.6 Å². The fraction of sp³-hybridized carbons (Fsp3) is 0.500. The number of aryl methyl sites for hydroxylation is 2. The van der Waals surface area contributed by atoms with Crippen LogP contribution in [0.3, 0.4) is 0 Å². The Hall–Kier alpha value is -3.46. The minimum absolute atomic E-state index is 0.210. The van der Waals surface area contributed by atoms with Gasteiger partial charge in [0.2, 0.25) is 0 Å². The zero-order valence-corrected chi connectivity index (χ0v) is 25.0. The molecule has 1 N–H and O–H groups in total. The number of carboxylic acids is 1. The molecule has 1 aliphatic carbocycles. The van der Waals surface area contributed by atoms with E-state index in [1.807, 2.05) is 38.1 Å². The lowest BCUT2D eigenvalue weighted by molar-refractivity contribution is -0.275. The molecule has 9 heteroatoms. The van der Waals surface area contributed by atoms with E-state index in [0.29, 0.717) is 36.4 Å². The minimum Gasteiger partial charge on any atom is -0.487 e. The van der Waals surface area contributed by atoms with Crippen LogP contribution in [0.1, 0.15) is 80.9 Å². The predicted molar refractivity (Wildman–Crippen MR) is 157 cm³/mol. The van der Waals surface area contributed by atoms with Gasteiger partial charge in [-0.15, -0.1) is 13.2 Å². The van der Waals surface area contributed by atoms with Crippen molar-refractivity contribution < 1.29 is 37.0 Å². The molecule has 232 valence electrons. The van der Waals surface area contributed by atoms with Gasteiger partial charge in [0, 0.05) is 30.3 Å². The third-order valence-corrected chi connectivity index (χ3v) is 8.59. The molecule has 2 aliphatic heterocycles. The summed E-state index contributed by atoms with van der Waals surface area (Å²) in [7, 11) is 0. The van der Waals surface area contributed by atoms with Gasteiger partial charge < -0.3 is 19.0 Å². The molecule has 1 saturated carbocycles. The Morgan fingerprint density at radius 1 is 1.02 bits per heavy atom. The number of halogens is 3. The summed E-state index contributed by atoms with van der Waals surface area (Å²) < 4.78 is 56.5. The number of hydrogen-bond donors (Lipinski definition) is 1. The van der Waals surface area contributed by atoms with Crippen molar-refractivity contribution in [3.8, 4) is 22.8 Å². The summed E-state index contributed by atoms with van der Waals surface area (Å²) in [5.74, 6) is 0.600. The molecule has 0 bridgehead atoms. The average molecular weight is 600 g/mol. The molecule has 3 aromatic rings. The summed E-state index contributed by atoms with van der Waals surface area (Å²) >= 11 is 0. The van der Waals surface area contributed by atoms with E-state index in [-0.39, 0.29) is 17.4 Å². The fourth-order valence-corrected chi connectivity index (χ4v) is 5.82. The first kappa shape index (κ1) is 31.0. The highest BCUT2D eigenvalue weighted by Gasteiger charge is 2.41. The second-order valence-corrected chi connectivity index (χ2v) is 12.2. The number of carboxylic acid groups (broad SMARTS) is 1. The van der Waals surface area contributed by atoms with Gasteiger partial charge in [-0.1, -0.05) is 38.3 Å². The van der Waals surface area contributed by atoms with Crippen LogP contribution in [0.2, 0.25) is 0 Å². The Morgan fingerprint density at radius 3 is 2.35 bits per heavy atom. The number of rotatable bonds is 7. The number of alkyl halides is 3. The van der Waals surface area contributed by atoms with E-state index in [4.69, 9.17) is 9.15 Å². The highest BCUT2D eigenvalue weighted by atomic mass is 19.4. The molecule has 0 amide bonds. The molecule has 1 aromatic heterocycles. The van der Waals surface area contributed by atoms with Crippen LogP contribution in [0.15, 0.2) is 52.9 Å². The summed E-state index contributed by atoms with van der Waals surface area (Å²) in [5, 5.41) is 9.28. The summed E-state index contributed by atoms with van der Waals surface area (Å²) in [6, 6.07) is 13.9. The van der Waals surface area contributed by atoms with E-state index in [1.54, 1.807) is 25.1 Å². The number of aliphatic carboxylic acids is 1. The maximum absolute atomic E-state index is 13.3. The second-order valence-electron chi connectivity index (χ2n) is 12.2. The highest BCUT2D eigenvalue weighted by Crippen LogP contribution is 2.43. The van der Waals surface area contributed by atoms with Crippen molar-refractivity contribution in [3.63, 3.8) is 0 Å². The van der Waals surface area contributed by atoms with Crippen molar-refractivity contribution in [1.82, 2.24) is 4.90 Å². The summed E-state index contributed by atoms with van der Waals surface area (Å²) in [5.41, 5.74) is 2.84. The Kier molecular flexibility index (Phi) is 9.11. The molecule has 1 saturated heterocycles. The molecule has 2 fully saturated rings. The van der Waals surface area contributed by atoms with Gasteiger partial charge in [-0.05, 0) is 93.5 Å². The number of piperidine rings is 1. The van der Waals surface area contributed by atoms with Gasteiger partial charge in [0.05, 0.1) is 5.92 Å². The third kappa shape index (κ3) is 7.93. The Morgan fingerprint density at radius 2 is 1.74 bits per heavy atom. The van der Waals surface area contributed by atoms with Crippen LogP contribution in [0.4, 0.5) is 13.2 Å². The SMILES string of the molecule is C1CC1.Cc1ccc(-c2ccc(OC(F)(F)F)c(C(C)N3CCC4(CCc5ccc(CC(C)C(=O)O)cc5O4)CC3)c2)o1.